The number of carbonyl (C=O) groups excluding carboxylic acids is 1. The summed E-state index contributed by atoms with van der Waals surface area (Å²) in [4.78, 5) is 13.6. The van der Waals surface area contributed by atoms with E-state index in [9.17, 15) is 18.0 Å². The second-order valence-corrected chi connectivity index (χ2v) is 6.63. The zero-order chi connectivity index (χ0) is 18.0. The van der Waals surface area contributed by atoms with Crippen molar-refractivity contribution in [3.63, 3.8) is 0 Å². The molecule has 0 bridgehead atoms. The van der Waals surface area contributed by atoms with Crippen LogP contribution in [0.4, 0.5) is 23.7 Å². The molecule has 1 fully saturated rings. The monoisotopic (exact) mass is 346 g/mol. The van der Waals surface area contributed by atoms with Crippen LogP contribution in [0.1, 0.15) is 27.2 Å². The fourth-order valence-corrected chi connectivity index (χ4v) is 2.39. The molecule has 5 nitrogen and oxygen atoms in total. The van der Waals surface area contributed by atoms with Gasteiger partial charge in [-0.3, -0.25) is 0 Å². The van der Waals surface area contributed by atoms with Gasteiger partial charge in [-0.2, -0.15) is 0 Å². The van der Waals surface area contributed by atoms with E-state index in [2.05, 4.69) is 10.1 Å². The van der Waals surface area contributed by atoms with Gasteiger partial charge in [0.2, 0.25) is 0 Å². The van der Waals surface area contributed by atoms with E-state index in [4.69, 9.17) is 4.74 Å². The molecule has 0 aromatic heterocycles. The van der Waals surface area contributed by atoms with Crippen LogP contribution >= 0.6 is 0 Å². The van der Waals surface area contributed by atoms with Crippen LogP contribution in [0.2, 0.25) is 0 Å². The lowest BCUT2D eigenvalue weighted by molar-refractivity contribution is -0.274. The SMILES string of the molecule is CC(C)(C)OC(=O)N1CC[C@@H](Nc2cccc(OC(F)(F)F)c2)C1. The molecule has 0 unspecified atom stereocenters. The number of rotatable bonds is 3. The molecule has 1 atom stereocenters. The maximum Gasteiger partial charge on any atom is 0.573 e. The summed E-state index contributed by atoms with van der Waals surface area (Å²) in [6.07, 6.45) is -4.43. The third kappa shape index (κ3) is 5.82. The standard InChI is InChI=1S/C16H21F3N2O3/c1-15(2,3)24-14(22)21-8-7-12(10-21)20-11-5-4-6-13(9-11)23-16(17,18)19/h4-6,9,12,20H,7-8,10H2,1-3H3/t12-/m1/s1. The van der Waals surface area contributed by atoms with E-state index in [1.54, 1.807) is 31.7 Å². The molecular weight excluding hydrogens is 325 g/mol. The summed E-state index contributed by atoms with van der Waals surface area (Å²) in [5, 5.41) is 3.12. The van der Waals surface area contributed by atoms with Crippen molar-refractivity contribution in [3.05, 3.63) is 24.3 Å². The number of alkyl halides is 3. The van der Waals surface area contributed by atoms with Crippen molar-refractivity contribution in [2.75, 3.05) is 18.4 Å². The summed E-state index contributed by atoms with van der Waals surface area (Å²) >= 11 is 0. The van der Waals surface area contributed by atoms with Crippen LogP contribution in [0, 0.1) is 0 Å². The maximum atomic E-state index is 12.3. The Kier molecular flexibility index (Phi) is 5.15. The number of benzene rings is 1. The van der Waals surface area contributed by atoms with Gasteiger partial charge in [-0.15, -0.1) is 13.2 Å². The molecular formula is C16H21F3N2O3. The van der Waals surface area contributed by atoms with E-state index in [-0.39, 0.29) is 17.9 Å². The Labute approximate surface area is 138 Å². The molecule has 1 heterocycles. The number of anilines is 1. The number of nitrogens with one attached hydrogen (secondary N) is 1. The molecule has 2 rings (SSSR count). The first kappa shape index (κ1) is 18.2. The van der Waals surface area contributed by atoms with Crippen LogP contribution in [-0.4, -0.2) is 42.1 Å². The predicted molar refractivity (Wildman–Crippen MR) is 83.0 cm³/mol. The molecule has 0 saturated carbocycles. The highest BCUT2D eigenvalue weighted by atomic mass is 19.4. The minimum Gasteiger partial charge on any atom is -0.444 e. The van der Waals surface area contributed by atoms with Gasteiger partial charge in [0.05, 0.1) is 0 Å². The third-order valence-corrected chi connectivity index (χ3v) is 3.28. The highest BCUT2D eigenvalue weighted by Crippen LogP contribution is 2.26. The normalized spacial score (nSPS) is 18.4. The fourth-order valence-electron chi connectivity index (χ4n) is 2.39. The summed E-state index contributed by atoms with van der Waals surface area (Å²) in [6, 6.07) is 5.59. The van der Waals surface area contributed by atoms with Gasteiger partial charge in [0.25, 0.3) is 0 Å². The molecule has 1 aliphatic heterocycles. The predicted octanol–water partition coefficient (Wildman–Crippen LogP) is 4.01. The highest BCUT2D eigenvalue weighted by Gasteiger charge is 2.32. The van der Waals surface area contributed by atoms with Crippen LogP contribution < -0.4 is 10.1 Å². The van der Waals surface area contributed by atoms with Crippen LogP contribution in [0.5, 0.6) is 5.75 Å². The number of likely N-dealkylation sites (tertiary alicyclic amines) is 1. The third-order valence-electron chi connectivity index (χ3n) is 3.28. The van der Waals surface area contributed by atoms with E-state index >= 15 is 0 Å². The molecule has 1 saturated heterocycles. The van der Waals surface area contributed by atoms with Gasteiger partial charge in [-0.05, 0) is 39.3 Å². The van der Waals surface area contributed by atoms with Crippen molar-refractivity contribution >= 4 is 11.8 Å². The Bertz CT molecular complexity index is 585. The average Bonchev–Trinajstić information content (AvgIpc) is 2.83. The molecule has 0 aliphatic carbocycles. The quantitative estimate of drug-likeness (QED) is 0.899. The molecule has 1 amide bonds. The van der Waals surface area contributed by atoms with E-state index in [1.165, 1.54) is 18.2 Å². The van der Waals surface area contributed by atoms with Gasteiger partial charge in [0.1, 0.15) is 11.4 Å². The number of hydrogen-bond acceptors (Lipinski definition) is 4. The van der Waals surface area contributed by atoms with Gasteiger partial charge in [-0.25, -0.2) is 4.79 Å². The number of ether oxygens (including phenoxy) is 2. The van der Waals surface area contributed by atoms with Crippen LogP contribution in [0.3, 0.4) is 0 Å². The van der Waals surface area contributed by atoms with Crippen molar-refractivity contribution in [1.29, 1.82) is 0 Å². The second kappa shape index (κ2) is 6.78. The van der Waals surface area contributed by atoms with Crippen LogP contribution in [-0.2, 0) is 4.74 Å². The van der Waals surface area contributed by atoms with Crippen molar-refractivity contribution in [2.45, 2.75) is 45.2 Å². The maximum absolute atomic E-state index is 12.3. The molecule has 1 aliphatic rings. The van der Waals surface area contributed by atoms with Gasteiger partial charge >= 0.3 is 12.5 Å². The molecule has 0 spiro atoms. The summed E-state index contributed by atoms with van der Waals surface area (Å²) in [7, 11) is 0. The fraction of sp³-hybridized carbons (Fsp3) is 0.562. The molecule has 0 radical (unpaired) electrons. The largest absolute Gasteiger partial charge is 0.573 e. The van der Waals surface area contributed by atoms with Crippen molar-refractivity contribution < 1.29 is 27.4 Å². The zero-order valence-electron chi connectivity index (χ0n) is 13.8. The number of nitrogens with zero attached hydrogens (tertiary/aromatic N) is 1. The van der Waals surface area contributed by atoms with E-state index < -0.39 is 12.0 Å². The van der Waals surface area contributed by atoms with Crippen LogP contribution in [0.25, 0.3) is 0 Å². The summed E-state index contributed by atoms with van der Waals surface area (Å²) in [6.45, 7) is 6.35. The number of hydrogen-bond donors (Lipinski definition) is 1. The summed E-state index contributed by atoms with van der Waals surface area (Å²) in [5.74, 6) is -0.283. The van der Waals surface area contributed by atoms with Gasteiger partial charge in [0.15, 0.2) is 0 Å². The molecule has 1 N–H and O–H groups in total. The van der Waals surface area contributed by atoms with Gasteiger partial charge in [-0.1, -0.05) is 6.07 Å². The Morgan fingerprint density at radius 3 is 2.62 bits per heavy atom. The molecule has 8 heteroatoms. The minimum absolute atomic E-state index is 0.0568. The first-order chi connectivity index (χ1) is 11.0. The van der Waals surface area contributed by atoms with E-state index in [0.717, 1.165) is 0 Å². The summed E-state index contributed by atoms with van der Waals surface area (Å²) < 4.78 is 46.0. The lowest BCUT2D eigenvalue weighted by Crippen LogP contribution is -2.36. The topological polar surface area (TPSA) is 50.8 Å². The van der Waals surface area contributed by atoms with Gasteiger partial charge < -0.3 is 19.7 Å². The minimum atomic E-state index is -4.72. The Morgan fingerprint density at radius 2 is 2.00 bits per heavy atom. The van der Waals surface area contributed by atoms with E-state index in [0.29, 0.717) is 25.2 Å². The number of amides is 1. The summed E-state index contributed by atoms with van der Waals surface area (Å²) in [5.41, 5.74) is -0.0564. The van der Waals surface area contributed by atoms with Crippen molar-refractivity contribution in [3.8, 4) is 5.75 Å². The highest BCUT2D eigenvalue weighted by molar-refractivity contribution is 5.68. The van der Waals surface area contributed by atoms with Gasteiger partial charge in [0, 0.05) is 30.9 Å². The molecule has 1 aromatic rings. The first-order valence-corrected chi connectivity index (χ1v) is 7.62. The van der Waals surface area contributed by atoms with Crippen molar-refractivity contribution in [2.24, 2.45) is 0 Å². The second-order valence-electron chi connectivity index (χ2n) is 6.63. The Balaban J connectivity index is 1.91. The average molecular weight is 346 g/mol. The molecule has 1 aromatic carbocycles. The number of halogens is 3. The van der Waals surface area contributed by atoms with Crippen LogP contribution in [0.15, 0.2) is 24.3 Å². The smallest absolute Gasteiger partial charge is 0.444 e. The van der Waals surface area contributed by atoms with Crippen molar-refractivity contribution in [1.82, 2.24) is 4.90 Å². The van der Waals surface area contributed by atoms with E-state index in [1.807, 2.05) is 0 Å². The number of carbonyl (C=O) groups is 1. The molecule has 24 heavy (non-hydrogen) atoms. The molecule has 134 valence electrons. The Morgan fingerprint density at radius 1 is 1.29 bits per heavy atom. The zero-order valence-corrected chi connectivity index (χ0v) is 13.8. The lowest BCUT2D eigenvalue weighted by atomic mass is 10.2. The Hall–Kier alpha value is -2.12. The lowest BCUT2D eigenvalue weighted by Gasteiger charge is -2.24. The first-order valence-electron chi connectivity index (χ1n) is 7.62.